The van der Waals surface area contributed by atoms with Crippen LogP contribution in [0.5, 0.6) is 0 Å². The first-order valence-corrected chi connectivity index (χ1v) is 2.69. The first kappa shape index (κ1) is 8.59. The van der Waals surface area contributed by atoms with Gasteiger partial charge in [0.25, 0.3) is 0 Å². The predicted octanol–water partition coefficient (Wildman–Crippen LogP) is 2.73. The van der Waals surface area contributed by atoms with E-state index in [1.54, 1.807) is 0 Å². The van der Waals surface area contributed by atoms with Gasteiger partial charge >= 0.3 is 6.98 Å². The Morgan fingerprint density at radius 2 is 1.33 bits per heavy atom. The van der Waals surface area contributed by atoms with Crippen molar-refractivity contribution in [1.29, 1.82) is 0 Å². The first-order valence-electron chi connectivity index (χ1n) is 2.69. The fourth-order valence-corrected chi connectivity index (χ4v) is 0.327. The van der Waals surface area contributed by atoms with Crippen LogP contribution in [0.4, 0.5) is 12.9 Å². The lowest BCUT2D eigenvalue weighted by Crippen LogP contribution is -2.18. The Hall–Kier alpha value is -0.405. The Morgan fingerprint density at radius 3 is 1.33 bits per heavy atom. The van der Waals surface area contributed by atoms with Crippen LogP contribution in [0.25, 0.3) is 0 Å². The van der Waals surface area contributed by atoms with Crippen LogP contribution in [0.1, 0.15) is 20.8 Å². The molecule has 0 aromatic heterocycles. The smallest absolute Gasteiger partial charge is 0.445 e. The lowest BCUT2D eigenvalue weighted by atomic mass is 9.78. The summed E-state index contributed by atoms with van der Waals surface area (Å²) in [6.45, 7) is -0.695. The van der Waals surface area contributed by atoms with Gasteiger partial charge in [-0.05, 0) is 13.8 Å². The van der Waals surface area contributed by atoms with E-state index in [1.807, 2.05) is 0 Å². The van der Waals surface area contributed by atoms with Crippen molar-refractivity contribution in [2.75, 3.05) is 0 Å². The molecular formula is C5H9BF3-. The van der Waals surface area contributed by atoms with Gasteiger partial charge in [-0.15, -0.1) is 11.0 Å². The van der Waals surface area contributed by atoms with Crippen LogP contribution in [0.2, 0.25) is 0 Å². The molecule has 0 radical (unpaired) electrons. The van der Waals surface area contributed by atoms with Crippen molar-refractivity contribution in [2.45, 2.75) is 20.8 Å². The third-order valence-electron chi connectivity index (χ3n) is 1.28. The Bertz CT molecular complexity index is 130. The quantitative estimate of drug-likeness (QED) is 0.487. The maximum absolute atomic E-state index is 11.7. The highest BCUT2D eigenvalue weighted by Crippen LogP contribution is 2.21. The number of rotatable bonds is 1. The molecule has 0 aromatic rings. The highest BCUT2D eigenvalue weighted by atomic mass is 19.4. The number of halogens is 3. The second-order valence-corrected chi connectivity index (χ2v) is 2.26. The number of hydrogen-bond acceptors (Lipinski definition) is 0. The summed E-state index contributed by atoms with van der Waals surface area (Å²) in [7, 11) is 0. The van der Waals surface area contributed by atoms with Crippen LogP contribution >= 0.6 is 0 Å². The zero-order valence-electron chi connectivity index (χ0n) is 5.71. The monoisotopic (exact) mass is 137 g/mol. The minimum Gasteiger partial charge on any atom is -0.445 e. The van der Waals surface area contributed by atoms with Crippen LogP contribution in [-0.4, -0.2) is 6.98 Å². The Balaban J connectivity index is 4.40. The average Bonchev–Trinajstić information content (AvgIpc) is 1.62. The predicted molar refractivity (Wildman–Crippen MR) is 33.1 cm³/mol. The molecule has 0 spiro atoms. The molecule has 54 valence electrons. The van der Waals surface area contributed by atoms with Crippen molar-refractivity contribution in [3.8, 4) is 0 Å². The third kappa shape index (κ3) is 2.58. The molecule has 0 saturated heterocycles. The molecular weight excluding hydrogens is 128 g/mol. The minimum absolute atomic E-state index is 0.350. The molecule has 0 heterocycles. The van der Waals surface area contributed by atoms with Crippen molar-refractivity contribution in [3.05, 3.63) is 11.0 Å². The highest BCUT2D eigenvalue weighted by Gasteiger charge is 2.25. The summed E-state index contributed by atoms with van der Waals surface area (Å²) < 4.78 is 35.1. The van der Waals surface area contributed by atoms with E-state index in [-0.39, 0.29) is 0 Å². The van der Waals surface area contributed by atoms with E-state index < -0.39 is 12.4 Å². The normalized spacial score (nSPS) is 11.3. The molecule has 0 bridgehead atoms. The Labute approximate surface area is 52.8 Å². The van der Waals surface area contributed by atoms with Gasteiger partial charge in [0.2, 0.25) is 0 Å². The van der Waals surface area contributed by atoms with Gasteiger partial charge in [0, 0.05) is 0 Å². The standard InChI is InChI=1S/C5H9BF3/c1-4(2)5(3)6(7,8)9/h1-3H3/q-1. The molecule has 0 rings (SSSR count). The zero-order chi connectivity index (χ0) is 7.65. The van der Waals surface area contributed by atoms with Crippen molar-refractivity contribution < 1.29 is 12.9 Å². The van der Waals surface area contributed by atoms with Gasteiger partial charge < -0.3 is 12.9 Å². The van der Waals surface area contributed by atoms with E-state index in [1.165, 1.54) is 13.8 Å². The molecule has 0 saturated carbocycles. The highest BCUT2D eigenvalue weighted by molar-refractivity contribution is 6.66. The summed E-state index contributed by atoms with van der Waals surface area (Å²) >= 11 is 0. The summed E-state index contributed by atoms with van der Waals surface area (Å²) in [6, 6.07) is 0. The van der Waals surface area contributed by atoms with Crippen LogP contribution in [0, 0.1) is 0 Å². The molecule has 0 atom stereocenters. The van der Waals surface area contributed by atoms with E-state index in [9.17, 15) is 12.9 Å². The molecule has 0 aliphatic carbocycles. The molecule has 0 aliphatic rings. The van der Waals surface area contributed by atoms with Gasteiger partial charge in [0.15, 0.2) is 0 Å². The van der Waals surface area contributed by atoms with Gasteiger partial charge in [0.05, 0.1) is 0 Å². The van der Waals surface area contributed by atoms with Crippen LogP contribution in [0.15, 0.2) is 11.0 Å². The van der Waals surface area contributed by atoms with E-state index in [4.69, 9.17) is 0 Å². The molecule has 0 amide bonds. The maximum atomic E-state index is 11.7. The second kappa shape index (κ2) is 2.46. The summed E-state index contributed by atoms with van der Waals surface area (Å²) in [5.41, 5.74) is -0.0856. The molecule has 0 N–H and O–H groups in total. The van der Waals surface area contributed by atoms with Gasteiger partial charge in [0.1, 0.15) is 0 Å². The fraction of sp³-hybridized carbons (Fsp3) is 0.600. The van der Waals surface area contributed by atoms with E-state index in [2.05, 4.69) is 0 Å². The van der Waals surface area contributed by atoms with Crippen molar-refractivity contribution in [3.63, 3.8) is 0 Å². The summed E-state index contributed by atoms with van der Waals surface area (Å²) in [5, 5.41) is 0. The largest absolute Gasteiger partial charge is 0.505 e. The first-order chi connectivity index (χ1) is 3.85. The van der Waals surface area contributed by atoms with Crippen molar-refractivity contribution in [1.82, 2.24) is 0 Å². The minimum atomic E-state index is -4.73. The van der Waals surface area contributed by atoms with Crippen molar-refractivity contribution in [2.24, 2.45) is 0 Å². The molecule has 0 aliphatic heterocycles. The third-order valence-corrected chi connectivity index (χ3v) is 1.28. The van der Waals surface area contributed by atoms with Crippen molar-refractivity contribution >= 4 is 6.98 Å². The molecule has 0 fully saturated rings. The van der Waals surface area contributed by atoms with Crippen LogP contribution in [-0.2, 0) is 0 Å². The SMILES string of the molecule is CC(C)=C(C)[B-](F)(F)F. The van der Waals surface area contributed by atoms with Crippen LogP contribution < -0.4 is 0 Å². The lowest BCUT2D eigenvalue weighted by Gasteiger charge is -2.16. The zero-order valence-corrected chi connectivity index (χ0v) is 5.71. The number of allylic oxidation sites excluding steroid dienone is 2. The summed E-state index contributed by atoms with van der Waals surface area (Å²) in [4.78, 5) is 0. The Morgan fingerprint density at radius 1 is 1.00 bits per heavy atom. The maximum Gasteiger partial charge on any atom is 0.505 e. The average molecular weight is 137 g/mol. The summed E-state index contributed by atoms with van der Waals surface area (Å²) in [6.07, 6.45) is 0. The topological polar surface area (TPSA) is 0 Å². The Kier molecular flexibility index (Phi) is 2.35. The molecule has 0 aromatic carbocycles. The molecule has 0 unspecified atom stereocenters. The fourth-order valence-electron chi connectivity index (χ4n) is 0.327. The van der Waals surface area contributed by atoms with Gasteiger partial charge in [-0.2, -0.15) is 0 Å². The van der Waals surface area contributed by atoms with E-state index in [0.29, 0.717) is 5.57 Å². The number of hydrogen-bond donors (Lipinski definition) is 0. The van der Waals surface area contributed by atoms with Gasteiger partial charge in [-0.3, -0.25) is 0 Å². The molecule has 9 heavy (non-hydrogen) atoms. The van der Waals surface area contributed by atoms with Crippen LogP contribution in [0.3, 0.4) is 0 Å². The lowest BCUT2D eigenvalue weighted by molar-refractivity contribution is 0.489. The molecule has 0 nitrogen and oxygen atoms in total. The van der Waals surface area contributed by atoms with E-state index >= 15 is 0 Å². The van der Waals surface area contributed by atoms with Gasteiger partial charge in [-0.25, -0.2) is 0 Å². The van der Waals surface area contributed by atoms with E-state index in [0.717, 1.165) is 6.92 Å². The summed E-state index contributed by atoms with van der Waals surface area (Å²) in [5.74, 6) is 0. The molecule has 4 heteroatoms. The second-order valence-electron chi connectivity index (χ2n) is 2.26. The van der Waals surface area contributed by atoms with Gasteiger partial charge in [-0.1, -0.05) is 6.92 Å².